The highest BCUT2D eigenvalue weighted by molar-refractivity contribution is 7.99. The molecule has 0 unspecified atom stereocenters. The lowest BCUT2D eigenvalue weighted by molar-refractivity contribution is -0.117. The molecule has 0 aromatic carbocycles. The summed E-state index contributed by atoms with van der Waals surface area (Å²) < 4.78 is 6.34. The number of thioether (sulfide) groups is 1. The minimum Gasteiger partial charge on any atom is -0.385 e. The predicted octanol–water partition coefficient (Wildman–Crippen LogP) is -0.844. The number of hydrogen-bond donors (Lipinski definition) is 3. The molecule has 0 aliphatic carbocycles. The van der Waals surface area contributed by atoms with Crippen LogP contribution in [0, 0.1) is 0 Å². The number of nitrogens with one attached hydrogen (secondary N) is 3. The Bertz CT molecular complexity index is 512. The van der Waals surface area contributed by atoms with E-state index in [0.717, 1.165) is 11.8 Å². The maximum Gasteiger partial charge on any atom is 0.343 e. The summed E-state index contributed by atoms with van der Waals surface area (Å²) in [7, 11) is 2.99. The van der Waals surface area contributed by atoms with Gasteiger partial charge in [0.15, 0.2) is 5.16 Å². The number of urea groups is 1. The van der Waals surface area contributed by atoms with Crippen molar-refractivity contribution in [2.75, 3.05) is 26.5 Å². The molecule has 1 heterocycles. The van der Waals surface area contributed by atoms with E-state index in [1.165, 1.54) is 11.6 Å². The molecule has 0 spiro atoms. The second-order valence-electron chi connectivity index (χ2n) is 3.73. The maximum absolute atomic E-state index is 11.5. The molecule has 0 aliphatic heterocycles. The van der Waals surface area contributed by atoms with Crippen molar-refractivity contribution in [2.45, 2.75) is 18.1 Å². The Balaban J connectivity index is 2.53. The van der Waals surface area contributed by atoms with Crippen LogP contribution >= 0.6 is 11.8 Å². The molecule has 1 aromatic rings. The monoisotopic (exact) mass is 303 g/mol. The topological polar surface area (TPSA) is 118 Å². The van der Waals surface area contributed by atoms with Gasteiger partial charge in [-0.3, -0.25) is 14.7 Å². The number of amides is 3. The van der Waals surface area contributed by atoms with Crippen LogP contribution in [0.25, 0.3) is 0 Å². The van der Waals surface area contributed by atoms with Gasteiger partial charge in [-0.25, -0.2) is 14.7 Å². The molecule has 0 saturated carbocycles. The van der Waals surface area contributed by atoms with E-state index in [-0.39, 0.29) is 11.4 Å². The molecule has 0 bridgehead atoms. The van der Waals surface area contributed by atoms with Crippen molar-refractivity contribution in [1.82, 2.24) is 25.4 Å². The Kier molecular flexibility index (Phi) is 6.81. The number of aromatic nitrogens is 3. The maximum atomic E-state index is 11.5. The Morgan fingerprint density at radius 2 is 2.25 bits per heavy atom. The first-order valence-electron chi connectivity index (χ1n) is 5.87. The molecular weight excluding hydrogens is 286 g/mol. The quantitative estimate of drug-likeness (QED) is 0.446. The molecule has 112 valence electrons. The first-order chi connectivity index (χ1) is 9.58. The SMILES string of the molecule is CNC(=O)NC(=O)CSc1n[nH]c(=O)n1CCCOC. The highest BCUT2D eigenvalue weighted by Gasteiger charge is 2.12. The molecule has 10 heteroatoms. The molecule has 3 N–H and O–H groups in total. The summed E-state index contributed by atoms with van der Waals surface area (Å²) in [6, 6.07) is -0.574. The van der Waals surface area contributed by atoms with E-state index in [4.69, 9.17) is 4.74 Å². The molecule has 1 aromatic heterocycles. The molecule has 3 amide bonds. The molecule has 0 aliphatic rings. The van der Waals surface area contributed by atoms with Crippen LogP contribution in [0.4, 0.5) is 4.79 Å². The van der Waals surface area contributed by atoms with Crippen LogP contribution in [0.2, 0.25) is 0 Å². The molecule has 0 fully saturated rings. The van der Waals surface area contributed by atoms with Gasteiger partial charge in [0, 0.05) is 27.3 Å². The van der Waals surface area contributed by atoms with Gasteiger partial charge in [-0.2, -0.15) is 0 Å². The average Bonchev–Trinajstić information content (AvgIpc) is 2.78. The molecule has 1 rings (SSSR count). The minimum atomic E-state index is -0.574. The Hall–Kier alpha value is -1.81. The minimum absolute atomic E-state index is 0.0119. The Morgan fingerprint density at radius 3 is 2.90 bits per heavy atom. The predicted molar refractivity (Wildman–Crippen MR) is 72.7 cm³/mol. The number of rotatable bonds is 7. The molecule has 9 nitrogen and oxygen atoms in total. The fraction of sp³-hybridized carbons (Fsp3) is 0.600. The number of methoxy groups -OCH3 is 1. The summed E-state index contributed by atoms with van der Waals surface area (Å²) in [6.07, 6.45) is 0.661. The van der Waals surface area contributed by atoms with Gasteiger partial charge >= 0.3 is 11.7 Å². The third-order valence-corrected chi connectivity index (χ3v) is 3.24. The lowest BCUT2D eigenvalue weighted by Gasteiger charge is -2.05. The van der Waals surface area contributed by atoms with Crippen molar-refractivity contribution in [1.29, 1.82) is 0 Å². The van der Waals surface area contributed by atoms with Gasteiger partial charge < -0.3 is 10.1 Å². The summed E-state index contributed by atoms with van der Waals surface area (Å²) in [5.41, 5.74) is -0.338. The van der Waals surface area contributed by atoms with Crippen molar-refractivity contribution < 1.29 is 14.3 Å². The number of aromatic amines is 1. The zero-order chi connectivity index (χ0) is 15.0. The number of hydrogen-bond acceptors (Lipinski definition) is 6. The van der Waals surface area contributed by atoms with Gasteiger partial charge in [0.2, 0.25) is 5.91 Å². The summed E-state index contributed by atoms with van der Waals surface area (Å²) in [5.74, 6) is -0.477. The first-order valence-corrected chi connectivity index (χ1v) is 6.85. The second kappa shape index (κ2) is 8.38. The standard InChI is InChI=1S/C10H17N5O4S/c1-11-8(17)12-7(16)6-20-10-14-13-9(18)15(10)4-3-5-19-2/h3-6H2,1-2H3,(H,13,18)(H2,11,12,16,17). The number of carbonyl (C=O) groups excluding carboxylic acids is 2. The zero-order valence-electron chi connectivity index (χ0n) is 11.3. The zero-order valence-corrected chi connectivity index (χ0v) is 12.1. The molecule has 0 saturated heterocycles. The van der Waals surface area contributed by atoms with Gasteiger partial charge in [-0.1, -0.05) is 11.8 Å². The van der Waals surface area contributed by atoms with Gasteiger partial charge in [-0.05, 0) is 6.42 Å². The van der Waals surface area contributed by atoms with Crippen LogP contribution in [0.15, 0.2) is 9.95 Å². The van der Waals surface area contributed by atoms with Crippen LogP contribution in [-0.4, -0.2) is 53.2 Å². The van der Waals surface area contributed by atoms with Crippen molar-refractivity contribution in [3.05, 3.63) is 10.5 Å². The van der Waals surface area contributed by atoms with E-state index in [2.05, 4.69) is 20.8 Å². The number of nitrogens with zero attached hydrogens (tertiary/aromatic N) is 2. The molecular formula is C10H17N5O4S. The fourth-order valence-electron chi connectivity index (χ4n) is 1.33. The Labute approximate surface area is 119 Å². The highest BCUT2D eigenvalue weighted by atomic mass is 32.2. The number of H-pyrrole nitrogens is 1. The van der Waals surface area contributed by atoms with E-state index in [1.54, 1.807) is 7.11 Å². The van der Waals surface area contributed by atoms with Crippen molar-refractivity contribution in [3.8, 4) is 0 Å². The van der Waals surface area contributed by atoms with Crippen molar-refractivity contribution in [2.24, 2.45) is 0 Å². The van der Waals surface area contributed by atoms with E-state index in [0.29, 0.717) is 24.7 Å². The summed E-state index contributed by atoms with van der Waals surface area (Å²) in [5, 5.41) is 11.0. The molecule has 20 heavy (non-hydrogen) atoms. The lowest BCUT2D eigenvalue weighted by atomic mass is 10.4. The van der Waals surface area contributed by atoms with Crippen LogP contribution < -0.4 is 16.3 Å². The van der Waals surface area contributed by atoms with E-state index in [9.17, 15) is 14.4 Å². The van der Waals surface area contributed by atoms with Crippen LogP contribution in [-0.2, 0) is 16.1 Å². The number of imide groups is 1. The largest absolute Gasteiger partial charge is 0.385 e. The third-order valence-electron chi connectivity index (χ3n) is 2.27. The summed E-state index contributed by atoms with van der Waals surface area (Å²) >= 11 is 1.07. The normalized spacial score (nSPS) is 10.3. The van der Waals surface area contributed by atoms with Gasteiger partial charge in [-0.15, -0.1) is 5.10 Å². The number of carbonyl (C=O) groups is 2. The first kappa shape index (κ1) is 16.2. The van der Waals surface area contributed by atoms with Gasteiger partial charge in [0.05, 0.1) is 5.75 Å². The van der Waals surface area contributed by atoms with E-state index in [1.807, 2.05) is 0 Å². The van der Waals surface area contributed by atoms with Crippen LogP contribution in [0.5, 0.6) is 0 Å². The second-order valence-corrected chi connectivity index (χ2v) is 4.67. The lowest BCUT2D eigenvalue weighted by Crippen LogP contribution is -2.38. The van der Waals surface area contributed by atoms with Crippen molar-refractivity contribution in [3.63, 3.8) is 0 Å². The van der Waals surface area contributed by atoms with Crippen LogP contribution in [0.1, 0.15) is 6.42 Å². The van der Waals surface area contributed by atoms with E-state index < -0.39 is 11.9 Å². The number of ether oxygens (including phenoxy) is 1. The van der Waals surface area contributed by atoms with Gasteiger partial charge in [0.25, 0.3) is 0 Å². The highest BCUT2D eigenvalue weighted by Crippen LogP contribution is 2.12. The fourth-order valence-corrected chi connectivity index (χ4v) is 2.11. The van der Waals surface area contributed by atoms with Crippen molar-refractivity contribution >= 4 is 23.7 Å². The smallest absolute Gasteiger partial charge is 0.343 e. The summed E-state index contributed by atoms with van der Waals surface area (Å²) in [4.78, 5) is 33.9. The average molecular weight is 303 g/mol. The van der Waals surface area contributed by atoms with Gasteiger partial charge in [0.1, 0.15) is 0 Å². The Morgan fingerprint density at radius 1 is 1.50 bits per heavy atom. The third kappa shape index (κ3) is 5.05. The summed E-state index contributed by atoms with van der Waals surface area (Å²) in [6.45, 7) is 0.974. The molecule has 0 radical (unpaired) electrons. The molecule has 0 atom stereocenters. The van der Waals surface area contributed by atoms with E-state index >= 15 is 0 Å². The van der Waals surface area contributed by atoms with Crippen LogP contribution in [0.3, 0.4) is 0 Å².